The van der Waals surface area contributed by atoms with E-state index in [1.54, 1.807) is 13.8 Å². The number of hydrogen-bond donors (Lipinski definition) is 2. The number of carbonyl (C=O) groups excluding carboxylic acids is 1. The predicted molar refractivity (Wildman–Crippen MR) is 65.0 cm³/mol. The number of rotatable bonds is 3. The second-order valence-corrected chi connectivity index (χ2v) is 3.89. The first kappa shape index (κ1) is 15.8. The summed E-state index contributed by atoms with van der Waals surface area (Å²) in [6, 6.07) is 2.48. The molecule has 0 fully saturated rings. The van der Waals surface area contributed by atoms with Crippen molar-refractivity contribution in [2.75, 3.05) is 5.32 Å². The van der Waals surface area contributed by atoms with Crippen molar-refractivity contribution in [3.8, 4) is 0 Å². The van der Waals surface area contributed by atoms with Crippen LogP contribution in [0.3, 0.4) is 0 Å². The monoisotopic (exact) mass is 264 g/mol. The molecule has 6 heteroatoms. The fraction of sp³-hybridized carbons (Fsp3) is 0.364. The molecule has 1 amide bonds. The van der Waals surface area contributed by atoms with E-state index in [0.29, 0.717) is 0 Å². The number of nitrogens with two attached hydrogens (primary N) is 1. The largest absolute Gasteiger partial charge is 0.325 e. The third-order valence-corrected chi connectivity index (χ3v) is 2.21. The second-order valence-electron chi connectivity index (χ2n) is 3.89. The fourth-order valence-corrected chi connectivity index (χ4v) is 1.10. The quantitative estimate of drug-likeness (QED) is 0.880. The molecule has 3 N–H and O–H groups in total. The van der Waals surface area contributed by atoms with Gasteiger partial charge in [-0.05, 0) is 18.1 Å². The highest BCUT2D eigenvalue weighted by molar-refractivity contribution is 5.94. The van der Waals surface area contributed by atoms with E-state index in [0.717, 1.165) is 12.1 Å². The zero-order valence-corrected chi connectivity index (χ0v) is 10.4. The number of anilines is 1. The highest BCUT2D eigenvalue weighted by atomic mass is 35.5. The van der Waals surface area contributed by atoms with E-state index < -0.39 is 23.6 Å². The average Bonchev–Trinajstić information content (AvgIpc) is 2.22. The number of halogens is 3. The van der Waals surface area contributed by atoms with Crippen molar-refractivity contribution in [1.82, 2.24) is 0 Å². The van der Waals surface area contributed by atoms with Gasteiger partial charge in [0.25, 0.3) is 0 Å². The molecule has 0 aliphatic rings. The van der Waals surface area contributed by atoms with Crippen molar-refractivity contribution in [1.29, 1.82) is 0 Å². The zero-order chi connectivity index (χ0) is 12.3. The summed E-state index contributed by atoms with van der Waals surface area (Å²) in [6.07, 6.45) is 0. The van der Waals surface area contributed by atoms with Gasteiger partial charge in [0.05, 0.1) is 6.04 Å². The molecule has 0 aliphatic carbocycles. The van der Waals surface area contributed by atoms with Crippen LogP contribution in [-0.2, 0) is 4.79 Å². The first-order valence-corrected chi connectivity index (χ1v) is 4.93. The molecule has 96 valence electrons. The molecular weight excluding hydrogens is 250 g/mol. The standard InChI is InChI=1S/C11H14F2N2O.ClH/c1-6(2)10(14)11(16)15-7-3-4-8(12)9(13)5-7;/h3-6,10H,14H2,1-2H3,(H,15,16);1H. The second kappa shape index (κ2) is 6.51. The zero-order valence-electron chi connectivity index (χ0n) is 9.54. The molecular formula is C11H15ClF2N2O. The number of carbonyl (C=O) groups is 1. The molecule has 0 bridgehead atoms. The van der Waals surface area contributed by atoms with Gasteiger partial charge in [0, 0.05) is 11.8 Å². The summed E-state index contributed by atoms with van der Waals surface area (Å²) in [6.45, 7) is 3.60. The van der Waals surface area contributed by atoms with Gasteiger partial charge in [-0.3, -0.25) is 4.79 Å². The third kappa shape index (κ3) is 4.28. The molecule has 1 unspecified atom stereocenters. The van der Waals surface area contributed by atoms with E-state index >= 15 is 0 Å². The Kier molecular flexibility index (Phi) is 6.05. The number of benzene rings is 1. The molecule has 0 spiro atoms. The minimum atomic E-state index is -1.00. The smallest absolute Gasteiger partial charge is 0.241 e. The SMILES string of the molecule is CC(C)C(N)C(=O)Nc1ccc(F)c(F)c1.Cl. The molecule has 0 heterocycles. The van der Waals surface area contributed by atoms with E-state index in [4.69, 9.17) is 5.73 Å². The molecule has 0 saturated heterocycles. The van der Waals surface area contributed by atoms with Crippen LogP contribution >= 0.6 is 12.4 Å². The number of amides is 1. The van der Waals surface area contributed by atoms with Crippen LogP contribution in [0.5, 0.6) is 0 Å². The Balaban J connectivity index is 0.00000256. The lowest BCUT2D eigenvalue weighted by molar-refractivity contribution is -0.118. The first-order chi connectivity index (χ1) is 7.41. The summed E-state index contributed by atoms with van der Waals surface area (Å²) in [7, 11) is 0. The Labute approximate surface area is 105 Å². The maximum Gasteiger partial charge on any atom is 0.241 e. The molecule has 0 saturated carbocycles. The highest BCUT2D eigenvalue weighted by Crippen LogP contribution is 2.13. The Morgan fingerprint density at radius 1 is 1.29 bits per heavy atom. The number of nitrogens with one attached hydrogen (secondary N) is 1. The van der Waals surface area contributed by atoms with E-state index in [1.165, 1.54) is 6.07 Å². The van der Waals surface area contributed by atoms with Crippen LogP contribution in [0.1, 0.15) is 13.8 Å². The van der Waals surface area contributed by atoms with E-state index in [1.807, 2.05) is 0 Å². The summed E-state index contributed by atoms with van der Waals surface area (Å²) in [5, 5.41) is 2.42. The van der Waals surface area contributed by atoms with Crippen molar-refractivity contribution in [2.24, 2.45) is 11.7 Å². The van der Waals surface area contributed by atoms with E-state index in [9.17, 15) is 13.6 Å². The summed E-state index contributed by atoms with van der Waals surface area (Å²) < 4.78 is 25.4. The third-order valence-electron chi connectivity index (χ3n) is 2.21. The molecule has 0 aliphatic heterocycles. The van der Waals surface area contributed by atoms with Crippen LogP contribution in [0, 0.1) is 17.6 Å². The molecule has 3 nitrogen and oxygen atoms in total. The van der Waals surface area contributed by atoms with Gasteiger partial charge in [-0.15, -0.1) is 12.4 Å². The molecule has 17 heavy (non-hydrogen) atoms. The van der Waals surface area contributed by atoms with Crippen molar-refractivity contribution >= 4 is 24.0 Å². The lowest BCUT2D eigenvalue weighted by Gasteiger charge is -2.15. The summed E-state index contributed by atoms with van der Waals surface area (Å²) >= 11 is 0. The Bertz CT molecular complexity index is 399. The Hall–Kier alpha value is -1.20. The van der Waals surface area contributed by atoms with Gasteiger partial charge in [-0.25, -0.2) is 8.78 Å². The van der Waals surface area contributed by atoms with Gasteiger partial charge in [-0.1, -0.05) is 13.8 Å². The maximum absolute atomic E-state index is 12.8. The van der Waals surface area contributed by atoms with Crippen LogP contribution < -0.4 is 11.1 Å². The van der Waals surface area contributed by atoms with Crippen LogP contribution in [-0.4, -0.2) is 11.9 Å². The fourth-order valence-electron chi connectivity index (χ4n) is 1.10. The van der Waals surface area contributed by atoms with Gasteiger partial charge in [0.1, 0.15) is 0 Å². The number of hydrogen-bond acceptors (Lipinski definition) is 2. The first-order valence-electron chi connectivity index (χ1n) is 4.93. The lowest BCUT2D eigenvalue weighted by Crippen LogP contribution is -2.39. The minimum Gasteiger partial charge on any atom is -0.325 e. The van der Waals surface area contributed by atoms with Gasteiger partial charge in [0.15, 0.2) is 11.6 Å². The Morgan fingerprint density at radius 2 is 1.88 bits per heavy atom. The highest BCUT2D eigenvalue weighted by Gasteiger charge is 2.17. The van der Waals surface area contributed by atoms with Gasteiger partial charge >= 0.3 is 0 Å². The van der Waals surface area contributed by atoms with E-state index in [-0.39, 0.29) is 24.0 Å². The molecule has 1 aromatic rings. The summed E-state index contributed by atoms with van der Waals surface area (Å²) in [5.41, 5.74) is 5.79. The molecule has 1 aromatic carbocycles. The summed E-state index contributed by atoms with van der Waals surface area (Å²) in [5.74, 6) is -2.40. The summed E-state index contributed by atoms with van der Waals surface area (Å²) in [4.78, 5) is 11.5. The average molecular weight is 265 g/mol. The molecule has 0 aromatic heterocycles. The van der Waals surface area contributed by atoms with Crippen molar-refractivity contribution < 1.29 is 13.6 Å². The molecule has 1 rings (SSSR count). The normalized spacial score (nSPS) is 11.9. The van der Waals surface area contributed by atoms with Gasteiger partial charge < -0.3 is 11.1 Å². The van der Waals surface area contributed by atoms with Crippen LogP contribution in [0.2, 0.25) is 0 Å². The molecule has 0 radical (unpaired) electrons. The van der Waals surface area contributed by atoms with Crippen LogP contribution in [0.4, 0.5) is 14.5 Å². The maximum atomic E-state index is 12.8. The Morgan fingerprint density at radius 3 is 2.35 bits per heavy atom. The van der Waals surface area contributed by atoms with Gasteiger partial charge in [-0.2, -0.15) is 0 Å². The molecule has 1 atom stereocenters. The minimum absolute atomic E-state index is 0. The van der Waals surface area contributed by atoms with Crippen molar-refractivity contribution in [2.45, 2.75) is 19.9 Å². The van der Waals surface area contributed by atoms with Crippen molar-refractivity contribution in [3.63, 3.8) is 0 Å². The topological polar surface area (TPSA) is 55.1 Å². The van der Waals surface area contributed by atoms with Crippen LogP contribution in [0.25, 0.3) is 0 Å². The van der Waals surface area contributed by atoms with Crippen LogP contribution in [0.15, 0.2) is 18.2 Å². The van der Waals surface area contributed by atoms with Crippen molar-refractivity contribution in [3.05, 3.63) is 29.8 Å². The predicted octanol–water partition coefficient (Wildman–Crippen LogP) is 2.31. The lowest BCUT2D eigenvalue weighted by atomic mass is 10.0. The van der Waals surface area contributed by atoms with E-state index in [2.05, 4.69) is 5.32 Å². The van der Waals surface area contributed by atoms with Gasteiger partial charge in [0.2, 0.25) is 5.91 Å².